The molecule has 4 heterocycles. The minimum atomic E-state index is -0.452. The molecule has 7 nitrogen and oxygen atoms in total. The summed E-state index contributed by atoms with van der Waals surface area (Å²) in [5.41, 5.74) is 0.326. The van der Waals surface area contributed by atoms with E-state index in [1.54, 1.807) is 30.3 Å². The van der Waals surface area contributed by atoms with Gasteiger partial charge in [0.2, 0.25) is 0 Å². The van der Waals surface area contributed by atoms with Crippen LogP contribution in [0.5, 0.6) is 0 Å². The molecule has 1 N–H and O–H groups in total. The van der Waals surface area contributed by atoms with Crippen LogP contribution in [0.15, 0.2) is 40.8 Å². The quantitative estimate of drug-likeness (QED) is 0.672. The van der Waals surface area contributed by atoms with Gasteiger partial charge in [-0.3, -0.25) is 19.8 Å². The Kier molecular flexibility index (Phi) is 4.24. The first-order valence-electron chi connectivity index (χ1n) is 8.93. The number of carbonyl (C=O) groups excluding carboxylic acids is 1. The summed E-state index contributed by atoms with van der Waals surface area (Å²) in [6.07, 6.45) is 2.21. The Bertz CT molecular complexity index is 837. The minimum absolute atomic E-state index is 0.0418. The van der Waals surface area contributed by atoms with Crippen LogP contribution in [0.4, 0.5) is 5.69 Å². The lowest BCUT2D eigenvalue weighted by molar-refractivity contribution is -0.384. The highest BCUT2D eigenvalue weighted by molar-refractivity contribution is 5.92. The number of carbonyl (C=O) groups is 1. The first-order chi connectivity index (χ1) is 12.5. The Morgan fingerprint density at radius 1 is 1.23 bits per heavy atom. The fourth-order valence-corrected chi connectivity index (χ4v) is 4.21. The molecule has 0 aliphatic carbocycles. The van der Waals surface area contributed by atoms with Gasteiger partial charge in [0.1, 0.15) is 5.76 Å². The number of benzene rings is 1. The summed E-state index contributed by atoms with van der Waals surface area (Å²) < 4.78 is 5.65. The number of para-hydroxylation sites is 1. The fraction of sp³-hybridized carbons (Fsp3) is 0.421. The van der Waals surface area contributed by atoms with Gasteiger partial charge < -0.3 is 9.73 Å². The zero-order valence-corrected chi connectivity index (χ0v) is 14.6. The van der Waals surface area contributed by atoms with Crippen LogP contribution >= 0.6 is 0 Å². The Hall–Kier alpha value is -2.67. The highest BCUT2D eigenvalue weighted by Gasteiger charge is 2.40. The first kappa shape index (κ1) is 16.8. The van der Waals surface area contributed by atoms with E-state index < -0.39 is 4.92 Å². The molecule has 3 aliphatic rings. The van der Waals surface area contributed by atoms with Crippen molar-refractivity contribution in [3.63, 3.8) is 0 Å². The van der Waals surface area contributed by atoms with Gasteiger partial charge in [-0.05, 0) is 57.0 Å². The molecule has 2 bridgehead atoms. The van der Waals surface area contributed by atoms with Gasteiger partial charge in [-0.2, -0.15) is 0 Å². The SMILES string of the molecule is CC1C(NC(=O)c2ccc(-c3ccccc3[N+](=O)[O-])o2)C2CCN1CC2. The molecule has 3 saturated heterocycles. The lowest BCUT2D eigenvalue weighted by Crippen LogP contribution is -2.62. The number of rotatable bonds is 4. The molecule has 3 aliphatic heterocycles. The van der Waals surface area contributed by atoms with Gasteiger partial charge in [-0.25, -0.2) is 0 Å². The smallest absolute Gasteiger partial charge is 0.287 e. The molecule has 2 unspecified atom stereocenters. The van der Waals surface area contributed by atoms with Gasteiger partial charge in [-0.1, -0.05) is 12.1 Å². The molecule has 3 fully saturated rings. The molecule has 1 aromatic carbocycles. The van der Waals surface area contributed by atoms with Crippen molar-refractivity contribution in [2.75, 3.05) is 13.1 Å². The van der Waals surface area contributed by atoms with Crippen LogP contribution in [-0.2, 0) is 0 Å². The second-order valence-electron chi connectivity index (χ2n) is 7.05. The Morgan fingerprint density at radius 2 is 1.96 bits per heavy atom. The summed E-state index contributed by atoms with van der Waals surface area (Å²) in [7, 11) is 0. The monoisotopic (exact) mass is 355 g/mol. The summed E-state index contributed by atoms with van der Waals surface area (Å²) in [6, 6.07) is 9.97. The largest absolute Gasteiger partial charge is 0.451 e. The number of nitro groups is 1. The third-order valence-electron chi connectivity index (χ3n) is 5.67. The second-order valence-corrected chi connectivity index (χ2v) is 7.05. The normalized spacial score (nSPS) is 27.3. The summed E-state index contributed by atoms with van der Waals surface area (Å²) in [6.45, 7) is 4.35. The third kappa shape index (κ3) is 2.88. The van der Waals surface area contributed by atoms with E-state index in [2.05, 4.69) is 17.1 Å². The standard InChI is InChI=1S/C19H21N3O4/c1-12-18(13-8-10-21(12)11-9-13)20-19(23)17-7-6-16(26-17)14-4-2-3-5-15(14)22(24)25/h2-7,12-13,18H,8-11H2,1H3,(H,20,23). The highest BCUT2D eigenvalue weighted by atomic mass is 16.6. The van der Waals surface area contributed by atoms with Crippen LogP contribution in [0, 0.1) is 16.0 Å². The average molecular weight is 355 g/mol. The van der Waals surface area contributed by atoms with Crippen molar-refractivity contribution in [3.8, 4) is 11.3 Å². The van der Waals surface area contributed by atoms with Crippen molar-refractivity contribution >= 4 is 11.6 Å². The molecule has 0 spiro atoms. The van der Waals surface area contributed by atoms with E-state index in [1.165, 1.54) is 6.07 Å². The molecule has 7 heteroatoms. The van der Waals surface area contributed by atoms with E-state index in [0.29, 0.717) is 23.3 Å². The van der Waals surface area contributed by atoms with E-state index in [-0.39, 0.29) is 23.4 Å². The van der Waals surface area contributed by atoms with Gasteiger partial charge in [0.15, 0.2) is 5.76 Å². The van der Waals surface area contributed by atoms with Gasteiger partial charge in [0.05, 0.1) is 10.5 Å². The number of nitrogens with zero attached hydrogens (tertiary/aromatic N) is 2. The van der Waals surface area contributed by atoms with Crippen molar-refractivity contribution in [1.29, 1.82) is 0 Å². The number of piperidine rings is 3. The summed E-state index contributed by atoms with van der Waals surface area (Å²) >= 11 is 0. The van der Waals surface area contributed by atoms with Crippen molar-refractivity contribution in [2.24, 2.45) is 5.92 Å². The second kappa shape index (κ2) is 6.57. The zero-order chi connectivity index (χ0) is 18.3. The van der Waals surface area contributed by atoms with E-state index >= 15 is 0 Å². The predicted molar refractivity (Wildman–Crippen MR) is 95.8 cm³/mol. The number of nitrogens with one attached hydrogen (secondary N) is 1. The molecule has 0 radical (unpaired) electrons. The molecule has 1 aromatic heterocycles. The van der Waals surface area contributed by atoms with Crippen LogP contribution in [0.25, 0.3) is 11.3 Å². The van der Waals surface area contributed by atoms with Gasteiger partial charge >= 0.3 is 0 Å². The molecular weight excluding hydrogens is 334 g/mol. The Balaban J connectivity index is 1.53. The van der Waals surface area contributed by atoms with Crippen LogP contribution < -0.4 is 5.32 Å². The number of furan rings is 1. The number of hydrogen-bond donors (Lipinski definition) is 1. The number of hydrogen-bond acceptors (Lipinski definition) is 5. The zero-order valence-electron chi connectivity index (χ0n) is 14.6. The van der Waals surface area contributed by atoms with Crippen molar-refractivity contribution in [1.82, 2.24) is 10.2 Å². The summed E-state index contributed by atoms with van der Waals surface area (Å²) in [5.74, 6) is 0.746. The van der Waals surface area contributed by atoms with Crippen molar-refractivity contribution in [2.45, 2.75) is 31.8 Å². The highest BCUT2D eigenvalue weighted by Crippen LogP contribution is 2.33. The lowest BCUT2D eigenvalue weighted by Gasteiger charge is -2.49. The lowest BCUT2D eigenvalue weighted by atomic mass is 9.79. The first-order valence-corrected chi connectivity index (χ1v) is 8.93. The Morgan fingerprint density at radius 3 is 2.65 bits per heavy atom. The van der Waals surface area contributed by atoms with E-state index in [0.717, 1.165) is 25.9 Å². The molecule has 2 atom stereocenters. The maximum absolute atomic E-state index is 12.6. The average Bonchev–Trinajstić information content (AvgIpc) is 3.15. The maximum Gasteiger partial charge on any atom is 0.287 e. The number of nitro benzene ring substituents is 1. The summed E-state index contributed by atoms with van der Waals surface area (Å²) in [4.78, 5) is 25.8. The van der Waals surface area contributed by atoms with E-state index in [4.69, 9.17) is 4.42 Å². The van der Waals surface area contributed by atoms with Gasteiger partial charge in [0.25, 0.3) is 11.6 Å². The topological polar surface area (TPSA) is 88.6 Å². The fourth-order valence-electron chi connectivity index (χ4n) is 4.21. The molecule has 2 aromatic rings. The van der Waals surface area contributed by atoms with E-state index in [9.17, 15) is 14.9 Å². The number of amides is 1. The van der Waals surface area contributed by atoms with Crippen LogP contribution in [0.3, 0.4) is 0 Å². The molecule has 1 amide bonds. The van der Waals surface area contributed by atoms with Crippen LogP contribution in [0.1, 0.15) is 30.3 Å². The molecule has 136 valence electrons. The Labute approximate surface area is 151 Å². The van der Waals surface area contributed by atoms with Gasteiger partial charge in [-0.15, -0.1) is 0 Å². The van der Waals surface area contributed by atoms with Crippen LogP contribution in [-0.4, -0.2) is 40.9 Å². The third-order valence-corrected chi connectivity index (χ3v) is 5.67. The van der Waals surface area contributed by atoms with Crippen molar-refractivity contribution < 1.29 is 14.1 Å². The minimum Gasteiger partial charge on any atom is -0.451 e. The molecule has 5 rings (SSSR count). The van der Waals surface area contributed by atoms with Crippen LogP contribution in [0.2, 0.25) is 0 Å². The van der Waals surface area contributed by atoms with Gasteiger partial charge in [0, 0.05) is 18.2 Å². The van der Waals surface area contributed by atoms with Crippen molar-refractivity contribution in [3.05, 3.63) is 52.3 Å². The number of fused-ring (bicyclic) bond motifs is 3. The maximum atomic E-state index is 12.6. The predicted octanol–water partition coefficient (Wildman–Crippen LogP) is 3.07. The molecule has 0 saturated carbocycles. The van der Waals surface area contributed by atoms with E-state index in [1.807, 2.05) is 0 Å². The molecular formula is C19H21N3O4. The molecule has 26 heavy (non-hydrogen) atoms. The summed E-state index contributed by atoms with van der Waals surface area (Å²) in [5, 5.41) is 14.3.